The first-order valence-electron chi connectivity index (χ1n) is 6.74. The maximum Gasteiger partial charge on any atom is 0.308 e. The second-order valence-electron chi connectivity index (χ2n) is 5.29. The zero-order valence-electron chi connectivity index (χ0n) is 11.4. The minimum Gasteiger partial charge on any atom is -0.481 e. The zero-order valence-corrected chi connectivity index (χ0v) is 11.4. The van der Waals surface area contributed by atoms with E-state index in [1.54, 1.807) is 30.0 Å². The first-order chi connectivity index (χ1) is 9.49. The van der Waals surface area contributed by atoms with Crippen molar-refractivity contribution in [3.8, 4) is 0 Å². The van der Waals surface area contributed by atoms with Gasteiger partial charge in [-0.15, -0.1) is 0 Å². The van der Waals surface area contributed by atoms with Gasteiger partial charge in [0.05, 0.1) is 5.92 Å². The Balaban J connectivity index is 1.95. The molecule has 1 fully saturated rings. The van der Waals surface area contributed by atoms with E-state index in [1.165, 1.54) is 6.07 Å². The van der Waals surface area contributed by atoms with E-state index in [4.69, 9.17) is 5.11 Å². The Labute approximate surface area is 117 Å². The second kappa shape index (κ2) is 6.03. The van der Waals surface area contributed by atoms with Gasteiger partial charge in [-0.05, 0) is 24.0 Å². The largest absolute Gasteiger partial charge is 0.481 e. The molecular weight excluding hydrogens is 261 g/mol. The number of carbonyl (C=O) groups is 2. The predicted molar refractivity (Wildman–Crippen MR) is 71.8 cm³/mol. The number of aliphatic carboxylic acids is 1. The summed E-state index contributed by atoms with van der Waals surface area (Å²) in [7, 11) is 0. The van der Waals surface area contributed by atoms with E-state index in [0.29, 0.717) is 18.5 Å². The summed E-state index contributed by atoms with van der Waals surface area (Å²) in [6, 6.07) is 6.42. The fourth-order valence-corrected chi connectivity index (χ4v) is 2.56. The predicted octanol–water partition coefficient (Wildman–Crippen LogP) is 2.25. The van der Waals surface area contributed by atoms with Gasteiger partial charge in [0.25, 0.3) is 0 Å². The summed E-state index contributed by atoms with van der Waals surface area (Å²) in [5.41, 5.74) is 0.523. The summed E-state index contributed by atoms with van der Waals surface area (Å²) in [4.78, 5) is 24.6. The Morgan fingerprint density at radius 3 is 2.75 bits per heavy atom. The van der Waals surface area contributed by atoms with Gasteiger partial charge in [-0.3, -0.25) is 9.59 Å². The van der Waals surface area contributed by atoms with Crippen molar-refractivity contribution in [1.82, 2.24) is 4.90 Å². The third kappa shape index (κ3) is 3.15. The molecule has 0 radical (unpaired) electrons. The van der Waals surface area contributed by atoms with Crippen LogP contribution in [0.25, 0.3) is 0 Å². The van der Waals surface area contributed by atoms with E-state index >= 15 is 0 Å². The Kier molecular flexibility index (Phi) is 4.37. The van der Waals surface area contributed by atoms with Crippen molar-refractivity contribution in [3.63, 3.8) is 0 Å². The molecule has 5 heteroatoms. The lowest BCUT2D eigenvalue weighted by molar-refractivity contribution is -0.141. The van der Waals surface area contributed by atoms with Crippen molar-refractivity contribution in [1.29, 1.82) is 0 Å². The molecule has 0 aromatic heterocycles. The number of halogens is 1. The minimum absolute atomic E-state index is 0.107. The third-order valence-corrected chi connectivity index (χ3v) is 3.81. The molecule has 1 N–H and O–H groups in total. The van der Waals surface area contributed by atoms with Gasteiger partial charge >= 0.3 is 5.97 Å². The summed E-state index contributed by atoms with van der Waals surface area (Å²) < 4.78 is 13.6. The normalized spacial score (nSPS) is 19.9. The summed E-state index contributed by atoms with van der Waals surface area (Å²) in [6.45, 7) is 2.54. The zero-order chi connectivity index (χ0) is 14.7. The Hall–Kier alpha value is -1.91. The first kappa shape index (κ1) is 14.5. The van der Waals surface area contributed by atoms with Crippen molar-refractivity contribution < 1.29 is 19.1 Å². The summed E-state index contributed by atoms with van der Waals surface area (Å²) in [5, 5.41) is 8.92. The number of nitrogens with zero attached hydrogens (tertiary/aromatic N) is 1. The second-order valence-corrected chi connectivity index (χ2v) is 5.29. The highest BCUT2D eigenvalue weighted by Gasteiger charge is 2.31. The number of carboxylic acids is 1. The van der Waals surface area contributed by atoms with Crippen LogP contribution < -0.4 is 0 Å². The summed E-state index contributed by atoms with van der Waals surface area (Å²) >= 11 is 0. The fraction of sp³-hybridized carbons (Fsp3) is 0.467. The molecule has 2 rings (SSSR count). The van der Waals surface area contributed by atoms with Crippen LogP contribution in [0.3, 0.4) is 0 Å². The van der Waals surface area contributed by atoms with Crippen LogP contribution in [0.2, 0.25) is 0 Å². The average Bonchev–Trinajstić information content (AvgIpc) is 2.88. The molecular formula is C15H18FNO3. The summed E-state index contributed by atoms with van der Waals surface area (Å²) in [6.07, 6.45) is 0.697. The highest BCUT2D eigenvalue weighted by Crippen LogP contribution is 2.24. The SMILES string of the molecule is C[C@@H](CC(=O)N1CC[C@H](C(=O)O)C1)c1ccccc1F. The maximum absolute atomic E-state index is 13.6. The molecule has 20 heavy (non-hydrogen) atoms. The van der Waals surface area contributed by atoms with Gasteiger partial charge in [0.1, 0.15) is 5.82 Å². The first-order valence-corrected chi connectivity index (χ1v) is 6.74. The van der Waals surface area contributed by atoms with Crippen LogP contribution in [0.1, 0.15) is 31.2 Å². The number of hydrogen-bond acceptors (Lipinski definition) is 2. The van der Waals surface area contributed by atoms with Crippen molar-refractivity contribution in [2.45, 2.75) is 25.7 Å². The Bertz CT molecular complexity index is 518. The van der Waals surface area contributed by atoms with Gasteiger partial charge in [0.2, 0.25) is 5.91 Å². The molecule has 1 amide bonds. The van der Waals surface area contributed by atoms with E-state index in [-0.39, 0.29) is 30.6 Å². The van der Waals surface area contributed by atoms with Gasteiger partial charge in [0.15, 0.2) is 0 Å². The molecule has 1 aliphatic heterocycles. The van der Waals surface area contributed by atoms with E-state index < -0.39 is 11.9 Å². The summed E-state index contributed by atoms with van der Waals surface area (Å²) in [5.74, 6) is -1.96. The third-order valence-electron chi connectivity index (χ3n) is 3.81. The lowest BCUT2D eigenvalue weighted by Crippen LogP contribution is -2.30. The topological polar surface area (TPSA) is 57.6 Å². The van der Waals surface area contributed by atoms with Crippen LogP contribution >= 0.6 is 0 Å². The molecule has 0 unspecified atom stereocenters. The van der Waals surface area contributed by atoms with Crippen molar-refractivity contribution in [3.05, 3.63) is 35.6 Å². The number of rotatable bonds is 4. The molecule has 1 aliphatic rings. The highest BCUT2D eigenvalue weighted by atomic mass is 19.1. The van der Waals surface area contributed by atoms with Gasteiger partial charge in [-0.1, -0.05) is 25.1 Å². The minimum atomic E-state index is -0.859. The monoisotopic (exact) mass is 279 g/mol. The van der Waals surface area contributed by atoms with Crippen LogP contribution in [-0.2, 0) is 9.59 Å². The molecule has 1 saturated heterocycles. The molecule has 4 nitrogen and oxygen atoms in total. The standard InChI is InChI=1S/C15H18FNO3/c1-10(12-4-2-3-5-13(12)16)8-14(18)17-7-6-11(9-17)15(19)20/h2-5,10-11H,6-9H2,1H3,(H,19,20)/t10-,11-/m0/s1. The Morgan fingerprint density at radius 1 is 1.45 bits per heavy atom. The smallest absolute Gasteiger partial charge is 0.308 e. The van der Waals surface area contributed by atoms with Crippen molar-refractivity contribution >= 4 is 11.9 Å². The number of carbonyl (C=O) groups excluding carboxylic acids is 1. The molecule has 0 spiro atoms. The molecule has 0 bridgehead atoms. The molecule has 108 valence electrons. The number of carboxylic acid groups (broad SMARTS) is 1. The van der Waals surface area contributed by atoms with Crippen molar-refractivity contribution in [2.75, 3.05) is 13.1 Å². The van der Waals surface area contributed by atoms with Gasteiger partial charge in [-0.25, -0.2) is 4.39 Å². The van der Waals surface area contributed by atoms with E-state index in [2.05, 4.69) is 0 Å². The molecule has 1 aromatic rings. The molecule has 1 heterocycles. The quantitative estimate of drug-likeness (QED) is 0.919. The van der Waals surface area contributed by atoms with E-state index in [0.717, 1.165) is 0 Å². The van der Waals surface area contributed by atoms with Gasteiger partial charge in [0, 0.05) is 19.5 Å². The number of hydrogen-bond donors (Lipinski definition) is 1. The van der Waals surface area contributed by atoms with Crippen LogP contribution in [0.5, 0.6) is 0 Å². The van der Waals surface area contributed by atoms with Crippen LogP contribution in [0.15, 0.2) is 24.3 Å². The van der Waals surface area contributed by atoms with Crippen molar-refractivity contribution in [2.24, 2.45) is 5.92 Å². The van der Waals surface area contributed by atoms with Gasteiger partial charge < -0.3 is 10.0 Å². The number of likely N-dealkylation sites (tertiary alicyclic amines) is 1. The highest BCUT2D eigenvalue weighted by molar-refractivity contribution is 5.79. The van der Waals surface area contributed by atoms with Crippen LogP contribution in [0, 0.1) is 11.7 Å². The van der Waals surface area contributed by atoms with Crippen LogP contribution in [-0.4, -0.2) is 35.0 Å². The lowest BCUT2D eigenvalue weighted by Gasteiger charge is -2.19. The van der Waals surface area contributed by atoms with E-state index in [1.807, 2.05) is 0 Å². The molecule has 1 aromatic carbocycles. The Morgan fingerprint density at radius 2 is 2.15 bits per heavy atom. The average molecular weight is 279 g/mol. The fourth-order valence-electron chi connectivity index (χ4n) is 2.56. The van der Waals surface area contributed by atoms with Gasteiger partial charge in [-0.2, -0.15) is 0 Å². The number of benzene rings is 1. The molecule has 0 aliphatic carbocycles. The molecule has 2 atom stereocenters. The lowest BCUT2D eigenvalue weighted by atomic mass is 9.96. The number of amides is 1. The maximum atomic E-state index is 13.6. The van der Waals surface area contributed by atoms with E-state index in [9.17, 15) is 14.0 Å². The van der Waals surface area contributed by atoms with Crippen LogP contribution in [0.4, 0.5) is 4.39 Å². The molecule has 0 saturated carbocycles.